The van der Waals surface area contributed by atoms with E-state index < -0.39 is 6.10 Å². The monoisotopic (exact) mass is 699 g/mol. The normalized spacial score (nSPS) is 12.6. The Labute approximate surface area is 307 Å². The molecule has 0 aliphatic rings. The third-order valence-corrected chi connectivity index (χ3v) is 8.27. The lowest BCUT2D eigenvalue weighted by molar-refractivity contribution is -0.166. The summed E-state index contributed by atoms with van der Waals surface area (Å²) in [4.78, 5) is 37.4. The molecule has 50 heavy (non-hydrogen) atoms. The van der Waals surface area contributed by atoms with Gasteiger partial charge in [0.2, 0.25) is 0 Å². The fourth-order valence-corrected chi connectivity index (χ4v) is 5.20. The number of ether oxygens (including phenoxy) is 3. The zero-order valence-electron chi connectivity index (χ0n) is 32.4. The average molecular weight is 699 g/mol. The van der Waals surface area contributed by atoms with Gasteiger partial charge < -0.3 is 14.2 Å². The molecule has 0 heterocycles. The third-order valence-electron chi connectivity index (χ3n) is 8.27. The number of rotatable bonds is 35. The molecule has 0 N–H and O–H groups in total. The van der Waals surface area contributed by atoms with Gasteiger partial charge in [-0.3, -0.25) is 14.4 Å². The summed E-state index contributed by atoms with van der Waals surface area (Å²) in [5.74, 6) is -1.01. The van der Waals surface area contributed by atoms with Crippen molar-refractivity contribution in [2.45, 2.75) is 187 Å². The van der Waals surface area contributed by atoms with Gasteiger partial charge in [-0.2, -0.15) is 0 Å². The van der Waals surface area contributed by atoms with Crippen LogP contribution >= 0.6 is 0 Å². The summed E-state index contributed by atoms with van der Waals surface area (Å²) in [5.41, 5.74) is 0. The maximum Gasteiger partial charge on any atom is 0.306 e. The van der Waals surface area contributed by atoms with Crippen LogP contribution in [-0.2, 0) is 28.6 Å². The van der Waals surface area contributed by atoms with Crippen LogP contribution in [0.25, 0.3) is 0 Å². The molecule has 0 aromatic rings. The van der Waals surface area contributed by atoms with Crippen LogP contribution in [0.3, 0.4) is 0 Å². The van der Waals surface area contributed by atoms with E-state index in [1.807, 2.05) is 12.2 Å². The van der Waals surface area contributed by atoms with Crippen LogP contribution in [0.5, 0.6) is 0 Å². The van der Waals surface area contributed by atoms with E-state index >= 15 is 0 Å². The van der Waals surface area contributed by atoms with Gasteiger partial charge in [-0.25, -0.2) is 0 Å². The first-order valence-electron chi connectivity index (χ1n) is 20.3. The van der Waals surface area contributed by atoms with Crippen molar-refractivity contribution in [3.05, 3.63) is 60.8 Å². The molecule has 1 unspecified atom stereocenters. The van der Waals surface area contributed by atoms with Crippen molar-refractivity contribution in [1.29, 1.82) is 0 Å². The molecule has 0 rings (SSSR count). The second-order valence-corrected chi connectivity index (χ2v) is 13.2. The van der Waals surface area contributed by atoms with Crippen LogP contribution in [0.15, 0.2) is 60.8 Å². The molecule has 0 amide bonds. The fraction of sp³-hybridized carbons (Fsp3) is 0.705. The molecule has 0 bridgehead atoms. The number of hydrogen-bond donors (Lipinski definition) is 0. The highest BCUT2D eigenvalue weighted by molar-refractivity contribution is 5.71. The van der Waals surface area contributed by atoms with E-state index in [-0.39, 0.29) is 37.5 Å². The standard InChI is InChI=1S/C44H74O6/c1-4-7-10-13-16-19-21-22-24-25-28-31-34-37-43(46)49-40-41(39-48-42(45)36-33-30-27-18-15-12-9-6-3)50-44(47)38-35-32-29-26-23-20-17-14-11-8-5-2/h7,10,14,16-17,19,22,24,28,31,41H,4-6,8-9,11-13,15,18,20-21,23,25-27,29-30,32-40H2,1-3H3/b10-7-,17-14-,19-16-,24-22-,31-28-. The Kier molecular flexibility index (Phi) is 36.7. The lowest BCUT2D eigenvalue weighted by Gasteiger charge is -2.18. The summed E-state index contributed by atoms with van der Waals surface area (Å²) in [5, 5.41) is 0. The number of unbranched alkanes of at least 4 members (excludes halogenated alkanes) is 14. The maximum atomic E-state index is 12.6. The van der Waals surface area contributed by atoms with E-state index in [0.717, 1.165) is 77.0 Å². The first-order chi connectivity index (χ1) is 24.5. The lowest BCUT2D eigenvalue weighted by atomic mass is 10.1. The molecular weight excluding hydrogens is 624 g/mol. The van der Waals surface area contributed by atoms with Crippen molar-refractivity contribution in [1.82, 2.24) is 0 Å². The van der Waals surface area contributed by atoms with Crippen molar-refractivity contribution < 1.29 is 28.6 Å². The maximum absolute atomic E-state index is 12.6. The predicted octanol–water partition coefficient (Wildman–Crippen LogP) is 12.6. The van der Waals surface area contributed by atoms with Crippen LogP contribution in [0.2, 0.25) is 0 Å². The molecule has 0 aromatic carbocycles. The molecule has 286 valence electrons. The second kappa shape index (κ2) is 38.9. The summed E-state index contributed by atoms with van der Waals surface area (Å²) >= 11 is 0. The Morgan fingerprint density at radius 3 is 1.40 bits per heavy atom. The molecular formula is C44H74O6. The first kappa shape index (κ1) is 47.1. The molecule has 0 spiro atoms. The van der Waals surface area contributed by atoms with Crippen molar-refractivity contribution in [3.8, 4) is 0 Å². The van der Waals surface area contributed by atoms with Gasteiger partial charge in [-0.05, 0) is 64.2 Å². The molecule has 6 nitrogen and oxygen atoms in total. The summed E-state index contributed by atoms with van der Waals surface area (Å²) in [6.45, 7) is 6.34. The van der Waals surface area contributed by atoms with Crippen molar-refractivity contribution in [2.24, 2.45) is 0 Å². The number of hydrogen-bond acceptors (Lipinski definition) is 6. The van der Waals surface area contributed by atoms with Gasteiger partial charge in [0.1, 0.15) is 13.2 Å². The minimum absolute atomic E-state index is 0.0997. The Bertz CT molecular complexity index is 944. The van der Waals surface area contributed by atoms with E-state index in [1.54, 1.807) is 0 Å². The smallest absolute Gasteiger partial charge is 0.306 e. The number of esters is 3. The van der Waals surface area contributed by atoms with Gasteiger partial charge in [0.25, 0.3) is 0 Å². The molecule has 6 heteroatoms. The van der Waals surface area contributed by atoms with Gasteiger partial charge in [0.15, 0.2) is 6.10 Å². The Balaban J connectivity index is 4.49. The Morgan fingerprint density at radius 1 is 0.420 bits per heavy atom. The SMILES string of the molecule is CC/C=C\C/C=C\C/C=C\C/C=C\CCC(=O)OCC(COC(=O)CCCCCCCCCC)OC(=O)CCCCCCC/C=C\CCCC. The van der Waals surface area contributed by atoms with E-state index in [4.69, 9.17) is 14.2 Å². The Morgan fingerprint density at radius 2 is 0.840 bits per heavy atom. The fourth-order valence-electron chi connectivity index (χ4n) is 5.20. The summed E-state index contributed by atoms with van der Waals surface area (Å²) < 4.78 is 16.5. The summed E-state index contributed by atoms with van der Waals surface area (Å²) in [6.07, 6.45) is 45.1. The topological polar surface area (TPSA) is 78.9 Å². The van der Waals surface area contributed by atoms with Gasteiger partial charge in [-0.1, -0.05) is 159 Å². The number of carbonyl (C=O) groups is 3. The second-order valence-electron chi connectivity index (χ2n) is 13.2. The highest BCUT2D eigenvalue weighted by Gasteiger charge is 2.19. The minimum atomic E-state index is -0.800. The highest BCUT2D eigenvalue weighted by Crippen LogP contribution is 2.12. The van der Waals surface area contributed by atoms with Gasteiger partial charge in [0.05, 0.1) is 0 Å². The summed E-state index contributed by atoms with van der Waals surface area (Å²) in [7, 11) is 0. The molecule has 0 saturated heterocycles. The number of allylic oxidation sites excluding steroid dienone is 10. The molecule has 1 atom stereocenters. The minimum Gasteiger partial charge on any atom is -0.462 e. The van der Waals surface area contributed by atoms with Crippen LogP contribution in [0, 0.1) is 0 Å². The van der Waals surface area contributed by atoms with Gasteiger partial charge >= 0.3 is 17.9 Å². The zero-order chi connectivity index (χ0) is 36.6. The number of carbonyl (C=O) groups excluding carboxylic acids is 3. The molecule has 0 aliphatic heterocycles. The van der Waals surface area contributed by atoms with Crippen LogP contribution in [0.1, 0.15) is 181 Å². The highest BCUT2D eigenvalue weighted by atomic mass is 16.6. The van der Waals surface area contributed by atoms with Gasteiger partial charge in [-0.15, -0.1) is 0 Å². The van der Waals surface area contributed by atoms with Crippen molar-refractivity contribution >= 4 is 17.9 Å². The largest absolute Gasteiger partial charge is 0.462 e. The molecule has 0 radical (unpaired) electrons. The molecule has 0 aliphatic carbocycles. The van der Waals surface area contributed by atoms with Crippen molar-refractivity contribution in [2.75, 3.05) is 13.2 Å². The third kappa shape index (κ3) is 36.4. The quantitative estimate of drug-likeness (QED) is 0.0284. The van der Waals surface area contributed by atoms with E-state index in [2.05, 4.69) is 69.4 Å². The van der Waals surface area contributed by atoms with Gasteiger partial charge in [0, 0.05) is 19.3 Å². The molecule has 0 fully saturated rings. The summed E-state index contributed by atoms with van der Waals surface area (Å²) in [6, 6.07) is 0. The predicted molar refractivity (Wildman–Crippen MR) is 210 cm³/mol. The Hall–Kier alpha value is -2.89. The van der Waals surface area contributed by atoms with E-state index in [1.165, 1.54) is 57.8 Å². The van der Waals surface area contributed by atoms with Crippen LogP contribution < -0.4 is 0 Å². The lowest BCUT2D eigenvalue weighted by Crippen LogP contribution is -2.30. The first-order valence-corrected chi connectivity index (χ1v) is 20.3. The van der Waals surface area contributed by atoms with Crippen molar-refractivity contribution in [3.63, 3.8) is 0 Å². The van der Waals surface area contributed by atoms with Crippen LogP contribution in [-0.4, -0.2) is 37.2 Å². The average Bonchev–Trinajstić information content (AvgIpc) is 3.11. The van der Waals surface area contributed by atoms with E-state index in [0.29, 0.717) is 19.3 Å². The molecule has 0 saturated carbocycles. The zero-order valence-corrected chi connectivity index (χ0v) is 32.4. The van der Waals surface area contributed by atoms with Crippen LogP contribution in [0.4, 0.5) is 0 Å². The van der Waals surface area contributed by atoms with E-state index in [9.17, 15) is 14.4 Å². The molecule has 0 aromatic heterocycles.